The third kappa shape index (κ3) is 3.46. The summed E-state index contributed by atoms with van der Waals surface area (Å²) in [6.07, 6.45) is 0. The molecule has 0 bridgehead atoms. The first kappa shape index (κ1) is 15.2. The zero-order valence-corrected chi connectivity index (χ0v) is 13.9. The fraction of sp³-hybridized carbons (Fsp3) is 0.133. The lowest BCUT2D eigenvalue weighted by atomic mass is 10.1. The van der Waals surface area contributed by atoms with Gasteiger partial charge in [0.15, 0.2) is 0 Å². The number of aryl methyl sites for hydroxylation is 1. The minimum Gasteiger partial charge on any atom is -0.348 e. The quantitative estimate of drug-likeness (QED) is 0.802. The molecule has 0 heterocycles. The van der Waals surface area contributed by atoms with Crippen molar-refractivity contribution < 1.29 is 9.18 Å². The molecule has 0 aliphatic heterocycles. The van der Waals surface area contributed by atoms with Crippen LogP contribution < -0.4 is 5.32 Å². The van der Waals surface area contributed by atoms with Crippen molar-refractivity contribution in [1.29, 1.82) is 0 Å². The number of rotatable bonds is 3. The molecule has 0 unspecified atom stereocenters. The van der Waals surface area contributed by atoms with Crippen LogP contribution in [0.1, 0.15) is 21.5 Å². The number of hydrogen-bond donors (Lipinski definition) is 1. The molecule has 2 aromatic carbocycles. The summed E-state index contributed by atoms with van der Waals surface area (Å²) in [7, 11) is 0. The van der Waals surface area contributed by atoms with E-state index in [0.717, 1.165) is 14.5 Å². The molecule has 1 N–H and O–H groups in total. The summed E-state index contributed by atoms with van der Waals surface area (Å²) in [4.78, 5) is 12.1. The average Bonchev–Trinajstić information content (AvgIpc) is 2.42. The maximum atomic E-state index is 13.2. The molecule has 5 heteroatoms. The van der Waals surface area contributed by atoms with Gasteiger partial charge in [-0.3, -0.25) is 4.79 Å². The van der Waals surface area contributed by atoms with Crippen molar-refractivity contribution in [2.45, 2.75) is 13.5 Å². The third-order valence-electron chi connectivity index (χ3n) is 2.88. The van der Waals surface area contributed by atoms with Crippen LogP contribution in [0.5, 0.6) is 0 Å². The van der Waals surface area contributed by atoms with Crippen LogP contribution in [0.15, 0.2) is 45.3 Å². The number of carbonyl (C=O) groups excluding carboxylic acids is 1. The Labute approximate surface area is 133 Å². The summed E-state index contributed by atoms with van der Waals surface area (Å²) >= 11 is 6.74. The van der Waals surface area contributed by atoms with Gasteiger partial charge in [0.25, 0.3) is 5.91 Å². The summed E-state index contributed by atoms with van der Waals surface area (Å²) in [5.74, 6) is -0.522. The fourth-order valence-electron chi connectivity index (χ4n) is 1.77. The Hall–Kier alpha value is -1.20. The molecule has 0 aliphatic carbocycles. The van der Waals surface area contributed by atoms with E-state index in [-0.39, 0.29) is 18.3 Å². The Bertz CT molecular complexity index is 658. The molecule has 0 aromatic heterocycles. The highest BCUT2D eigenvalue weighted by Crippen LogP contribution is 2.22. The first-order valence-electron chi connectivity index (χ1n) is 5.96. The topological polar surface area (TPSA) is 29.1 Å². The van der Waals surface area contributed by atoms with E-state index in [4.69, 9.17) is 0 Å². The molecule has 0 radical (unpaired) electrons. The van der Waals surface area contributed by atoms with Crippen LogP contribution in [0.2, 0.25) is 0 Å². The van der Waals surface area contributed by atoms with Crippen molar-refractivity contribution in [3.63, 3.8) is 0 Å². The van der Waals surface area contributed by atoms with Gasteiger partial charge in [0.1, 0.15) is 5.82 Å². The van der Waals surface area contributed by atoms with E-state index in [2.05, 4.69) is 37.2 Å². The fourth-order valence-corrected chi connectivity index (χ4v) is 2.60. The lowest BCUT2D eigenvalue weighted by molar-refractivity contribution is 0.0950. The van der Waals surface area contributed by atoms with Crippen LogP contribution in [-0.4, -0.2) is 5.91 Å². The second-order valence-electron chi connectivity index (χ2n) is 4.35. The molecule has 1 amide bonds. The molecule has 104 valence electrons. The largest absolute Gasteiger partial charge is 0.348 e. The van der Waals surface area contributed by atoms with Gasteiger partial charge < -0.3 is 5.32 Å². The Kier molecular flexibility index (Phi) is 4.94. The number of nitrogens with one attached hydrogen (secondary N) is 1. The minimum absolute atomic E-state index is 0.197. The monoisotopic (exact) mass is 399 g/mol. The maximum absolute atomic E-state index is 13.2. The van der Waals surface area contributed by atoms with E-state index in [1.165, 1.54) is 12.1 Å². The highest BCUT2D eigenvalue weighted by molar-refractivity contribution is 9.10. The molecule has 2 nitrogen and oxygen atoms in total. The van der Waals surface area contributed by atoms with Crippen molar-refractivity contribution in [1.82, 2.24) is 5.32 Å². The molecule has 0 spiro atoms. The zero-order valence-electron chi connectivity index (χ0n) is 10.7. The summed E-state index contributed by atoms with van der Waals surface area (Å²) in [6.45, 7) is 2.18. The summed E-state index contributed by atoms with van der Waals surface area (Å²) in [6, 6.07) is 9.88. The number of benzene rings is 2. The normalized spacial score (nSPS) is 10.4. The van der Waals surface area contributed by atoms with E-state index in [1.54, 1.807) is 12.1 Å². The van der Waals surface area contributed by atoms with Crippen molar-refractivity contribution in [3.05, 3.63) is 67.9 Å². The molecular weight excluding hydrogens is 389 g/mol. The first-order chi connectivity index (χ1) is 9.49. The molecule has 0 saturated heterocycles. The molecule has 0 atom stereocenters. The van der Waals surface area contributed by atoms with Crippen LogP contribution in [0.25, 0.3) is 0 Å². The van der Waals surface area contributed by atoms with Crippen molar-refractivity contribution >= 4 is 37.8 Å². The Balaban J connectivity index is 2.13. The summed E-state index contributed by atoms with van der Waals surface area (Å²) in [5.41, 5.74) is 2.25. The molecule has 0 fully saturated rings. The van der Waals surface area contributed by atoms with Gasteiger partial charge in [0.2, 0.25) is 0 Å². The first-order valence-corrected chi connectivity index (χ1v) is 7.55. The number of amides is 1. The lowest BCUT2D eigenvalue weighted by Crippen LogP contribution is -2.23. The lowest BCUT2D eigenvalue weighted by Gasteiger charge is -2.09. The maximum Gasteiger partial charge on any atom is 0.252 e. The predicted octanol–water partition coefficient (Wildman–Crippen LogP) is 4.59. The summed E-state index contributed by atoms with van der Waals surface area (Å²) < 4.78 is 14.7. The van der Waals surface area contributed by atoms with Crippen molar-refractivity contribution in [2.75, 3.05) is 0 Å². The predicted molar refractivity (Wildman–Crippen MR) is 84.1 cm³/mol. The van der Waals surface area contributed by atoms with Crippen LogP contribution in [0, 0.1) is 12.7 Å². The second-order valence-corrected chi connectivity index (χ2v) is 6.00. The van der Waals surface area contributed by atoms with E-state index >= 15 is 0 Å². The van der Waals surface area contributed by atoms with Gasteiger partial charge >= 0.3 is 0 Å². The van der Waals surface area contributed by atoms with Crippen molar-refractivity contribution in [3.8, 4) is 0 Å². The average molecular weight is 401 g/mol. The van der Waals surface area contributed by atoms with Crippen LogP contribution in [0.3, 0.4) is 0 Å². The Morgan fingerprint density at radius 1 is 1.25 bits per heavy atom. The molecular formula is C15H12Br2FNO. The Morgan fingerprint density at radius 2 is 2.00 bits per heavy atom. The van der Waals surface area contributed by atoms with Crippen molar-refractivity contribution in [2.24, 2.45) is 0 Å². The molecule has 2 rings (SSSR count). The number of halogens is 3. The van der Waals surface area contributed by atoms with E-state index in [1.807, 2.05) is 19.1 Å². The smallest absolute Gasteiger partial charge is 0.252 e. The Morgan fingerprint density at radius 3 is 2.75 bits per heavy atom. The standard InChI is InChI=1S/C15H12Br2FNO/c1-9-3-2-4-12(14(9)17)15(20)19-8-10-7-11(18)5-6-13(10)16/h2-7H,8H2,1H3,(H,19,20). The zero-order chi connectivity index (χ0) is 14.7. The molecule has 0 saturated carbocycles. The highest BCUT2D eigenvalue weighted by atomic mass is 79.9. The van der Waals surface area contributed by atoms with E-state index in [9.17, 15) is 9.18 Å². The second kappa shape index (κ2) is 6.50. The van der Waals surface area contributed by atoms with Crippen LogP contribution in [-0.2, 0) is 6.54 Å². The van der Waals surface area contributed by atoms with Gasteiger partial charge in [-0.2, -0.15) is 0 Å². The van der Waals surface area contributed by atoms with Gasteiger partial charge in [-0.05, 0) is 58.2 Å². The SMILES string of the molecule is Cc1cccc(C(=O)NCc2cc(F)ccc2Br)c1Br. The van der Waals surface area contributed by atoms with E-state index in [0.29, 0.717) is 11.1 Å². The van der Waals surface area contributed by atoms with Gasteiger partial charge in [-0.25, -0.2) is 4.39 Å². The van der Waals surface area contributed by atoms with Gasteiger partial charge in [0, 0.05) is 15.5 Å². The van der Waals surface area contributed by atoms with Gasteiger partial charge in [-0.1, -0.05) is 28.1 Å². The van der Waals surface area contributed by atoms with Crippen LogP contribution >= 0.6 is 31.9 Å². The molecule has 20 heavy (non-hydrogen) atoms. The summed E-state index contributed by atoms with van der Waals surface area (Å²) in [5, 5.41) is 2.79. The molecule has 0 aliphatic rings. The third-order valence-corrected chi connectivity index (χ3v) is 4.71. The number of hydrogen-bond acceptors (Lipinski definition) is 1. The minimum atomic E-state index is -0.325. The highest BCUT2D eigenvalue weighted by Gasteiger charge is 2.11. The van der Waals surface area contributed by atoms with Gasteiger partial charge in [-0.15, -0.1) is 0 Å². The van der Waals surface area contributed by atoms with E-state index < -0.39 is 0 Å². The number of carbonyl (C=O) groups is 1. The van der Waals surface area contributed by atoms with Gasteiger partial charge in [0.05, 0.1) is 5.56 Å². The molecule has 2 aromatic rings. The van der Waals surface area contributed by atoms with Crippen LogP contribution in [0.4, 0.5) is 4.39 Å².